The summed E-state index contributed by atoms with van der Waals surface area (Å²) in [4.78, 5) is 22.0. The van der Waals surface area contributed by atoms with Gasteiger partial charge < -0.3 is 4.90 Å². The van der Waals surface area contributed by atoms with Crippen LogP contribution in [0.3, 0.4) is 0 Å². The molecule has 0 saturated heterocycles. The van der Waals surface area contributed by atoms with E-state index in [0.29, 0.717) is 12.1 Å². The summed E-state index contributed by atoms with van der Waals surface area (Å²) < 4.78 is 1.13. The number of halogens is 1. The molecule has 0 saturated carbocycles. The van der Waals surface area contributed by atoms with E-state index in [1.165, 1.54) is 11.1 Å². The molecule has 0 aliphatic rings. The van der Waals surface area contributed by atoms with Gasteiger partial charge >= 0.3 is 0 Å². The second-order valence-corrected chi connectivity index (χ2v) is 8.39. The minimum atomic E-state index is 0. The summed E-state index contributed by atoms with van der Waals surface area (Å²) in [6.07, 6.45) is 0.901. The van der Waals surface area contributed by atoms with E-state index >= 15 is 0 Å². The minimum absolute atomic E-state index is 0. The fourth-order valence-electron chi connectivity index (χ4n) is 3.05. The molecule has 0 N–H and O–H groups in total. The maximum atomic E-state index is 13.3. The summed E-state index contributed by atoms with van der Waals surface area (Å²) in [5.41, 5.74) is 5.24. The lowest BCUT2D eigenvalue weighted by atomic mass is 10.1. The monoisotopic (exact) mass is 417 g/mol. The Balaban J connectivity index is 0.00000280. The number of aromatic nitrogens is 1. The third kappa shape index (κ3) is 5.10. The van der Waals surface area contributed by atoms with Crippen molar-refractivity contribution in [1.82, 2.24) is 9.88 Å². The third-order valence-electron chi connectivity index (χ3n) is 4.72. The Hall–Kier alpha value is -1.95. The molecule has 6 heteroatoms. The molecule has 3 rings (SSSR count). The molecular formula is C22H28ClN3OS. The van der Waals surface area contributed by atoms with Gasteiger partial charge in [0.2, 0.25) is 0 Å². The van der Waals surface area contributed by atoms with E-state index in [1.54, 1.807) is 11.3 Å². The van der Waals surface area contributed by atoms with E-state index in [0.717, 1.165) is 33.9 Å². The van der Waals surface area contributed by atoms with Crippen LogP contribution >= 0.6 is 23.7 Å². The lowest BCUT2D eigenvalue weighted by Crippen LogP contribution is -2.33. The van der Waals surface area contributed by atoms with Crippen molar-refractivity contribution in [3.63, 3.8) is 0 Å². The second kappa shape index (κ2) is 9.50. The average Bonchev–Trinajstić information content (AvgIpc) is 3.00. The Labute approximate surface area is 177 Å². The van der Waals surface area contributed by atoms with Crippen molar-refractivity contribution in [2.24, 2.45) is 0 Å². The fraction of sp³-hybridized carbons (Fsp3) is 0.364. The van der Waals surface area contributed by atoms with E-state index in [1.807, 2.05) is 36.1 Å². The van der Waals surface area contributed by atoms with Crippen molar-refractivity contribution < 1.29 is 4.79 Å². The Bertz CT molecular complexity index is 929. The molecule has 0 aliphatic heterocycles. The normalized spacial score (nSPS) is 10.9. The highest BCUT2D eigenvalue weighted by molar-refractivity contribution is 7.22. The first-order valence-electron chi connectivity index (χ1n) is 9.26. The molecule has 1 aromatic heterocycles. The highest BCUT2D eigenvalue weighted by Gasteiger charge is 2.21. The van der Waals surface area contributed by atoms with Gasteiger partial charge in [-0.1, -0.05) is 29.0 Å². The van der Waals surface area contributed by atoms with E-state index in [4.69, 9.17) is 4.98 Å². The van der Waals surface area contributed by atoms with E-state index in [-0.39, 0.29) is 18.3 Å². The largest absolute Gasteiger partial charge is 0.309 e. The molecule has 0 unspecified atom stereocenters. The van der Waals surface area contributed by atoms with Gasteiger partial charge in [0.15, 0.2) is 5.13 Å². The number of fused-ring (bicyclic) bond motifs is 1. The zero-order chi connectivity index (χ0) is 19.6. The Morgan fingerprint density at radius 1 is 1.04 bits per heavy atom. The number of rotatable bonds is 6. The first-order valence-corrected chi connectivity index (χ1v) is 10.1. The van der Waals surface area contributed by atoms with Gasteiger partial charge in [-0.25, -0.2) is 4.98 Å². The first kappa shape index (κ1) is 22.3. The third-order valence-corrected chi connectivity index (χ3v) is 5.76. The summed E-state index contributed by atoms with van der Waals surface area (Å²) in [5, 5.41) is 0.778. The van der Waals surface area contributed by atoms with Crippen LogP contribution in [-0.2, 0) is 0 Å². The number of hydrogen-bond acceptors (Lipinski definition) is 4. The van der Waals surface area contributed by atoms with Crippen LogP contribution in [0.25, 0.3) is 10.2 Å². The molecule has 1 heterocycles. The summed E-state index contributed by atoms with van der Waals surface area (Å²) in [7, 11) is 4.10. The standard InChI is InChI=1S/C22H27N3OS.ClH/c1-15-8-6-9-18(12-15)21(26)25(11-7-10-24(4)5)22-23-19-13-16(2)17(3)14-20(19)27-22;/h6,8-9,12-14H,7,10-11H2,1-5H3;1H. The lowest BCUT2D eigenvalue weighted by Gasteiger charge is -2.21. The SMILES string of the molecule is Cc1cccc(C(=O)N(CCCN(C)C)c2nc3cc(C)c(C)cc3s2)c1.Cl. The van der Waals surface area contributed by atoms with Gasteiger partial charge in [0.05, 0.1) is 10.2 Å². The minimum Gasteiger partial charge on any atom is -0.309 e. The number of carbonyl (C=O) groups is 1. The van der Waals surface area contributed by atoms with Gasteiger partial charge in [0.1, 0.15) is 0 Å². The van der Waals surface area contributed by atoms with E-state index < -0.39 is 0 Å². The molecule has 3 aromatic rings. The van der Waals surface area contributed by atoms with Crippen LogP contribution in [0.2, 0.25) is 0 Å². The number of anilines is 1. The van der Waals surface area contributed by atoms with Gasteiger partial charge in [-0.15, -0.1) is 12.4 Å². The van der Waals surface area contributed by atoms with E-state index in [2.05, 4.69) is 45.0 Å². The van der Waals surface area contributed by atoms with Crippen LogP contribution in [0.5, 0.6) is 0 Å². The molecule has 4 nitrogen and oxygen atoms in total. The van der Waals surface area contributed by atoms with Crippen molar-refractivity contribution in [2.75, 3.05) is 32.1 Å². The van der Waals surface area contributed by atoms with Crippen LogP contribution in [0, 0.1) is 20.8 Å². The number of amides is 1. The van der Waals surface area contributed by atoms with Crippen molar-refractivity contribution in [2.45, 2.75) is 27.2 Å². The summed E-state index contributed by atoms with van der Waals surface area (Å²) >= 11 is 1.59. The molecule has 0 radical (unpaired) electrons. The van der Waals surface area contributed by atoms with Crippen LogP contribution in [0.4, 0.5) is 5.13 Å². The lowest BCUT2D eigenvalue weighted by molar-refractivity contribution is 0.0986. The van der Waals surface area contributed by atoms with Crippen LogP contribution in [0.15, 0.2) is 36.4 Å². The summed E-state index contributed by atoms with van der Waals surface area (Å²) in [6, 6.07) is 12.1. The smallest absolute Gasteiger partial charge is 0.260 e. The van der Waals surface area contributed by atoms with Gasteiger partial charge in [0, 0.05) is 12.1 Å². The summed E-state index contributed by atoms with van der Waals surface area (Å²) in [6.45, 7) is 7.81. The topological polar surface area (TPSA) is 36.4 Å². The fourth-order valence-corrected chi connectivity index (χ4v) is 4.12. The zero-order valence-electron chi connectivity index (χ0n) is 17.2. The molecule has 0 spiro atoms. The molecule has 0 aliphatic carbocycles. The molecule has 0 bridgehead atoms. The second-order valence-electron chi connectivity index (χ2n) is 7.38. The molecule has 1 amide bonds. The molecular weight excluding hydrogens is 390 g/mol. The Morgan fingerprint density at radius 3 is 2.43 bits per heavy atom. The van der Waals surface area contributed by atoms with Gasteiger partial charge in [-0.05, 0) is 83.2 Å². The highest BCUT2D eigenvalue weighted by Crippen LogP contribution is 2.31. The zero-order valence-corrected chi connectivity index (χ0v) is 18.8. The molecule has 0 fully saturated rings. The van der Waals surface area contributed by atoms with Crippen molar-refractivity contribution in [3.05, 3.63) is 58.7 Å². The maximum absolute atomic E-state index is 13.3. The van der Waals surface area contributed by atoms with Gasteiger partial charge in [0.25, 0.3) is 5.91 Å². The Kier molecular flexibility index (Phi) is 7.58. The highest BCUT2D eigenvalue weighted by atomic mass is 35.5. The van der Waals surface area contributed by atoms with E-state index in [9.17, 15) is 4.79 Å². The quantitative estimate of drug-likeness (QED) is 0.550. The van der Waals surface area contributed by atoms with Gasteiger partial charge in [-0.2, -0.15) is 0 Å². The van der Waals surface area contributed by atoms with Gasteiger partial charge in [-0.3, -0.25) is 9.69 Å². The van der Waals surface area contributed by atoms with Crippen molar-refractivity contribution >= 4 is 45.0 Å². The number of nitrogens with zero attached hydrogens (tertiary/aromatic N) is 3. The number of carbonyl (C=O) groups excluding carboxylic acids is 1. The maximum Gasteiger partial charge on any atom is 0.260 e. The average molecular weight is 418 g/mol. The molecule has 150 valence electrons. The first-order chi connectivity index (χ1) is 12.8. The number of benzene rings is 2. The molecule has 2 aromatic carbocycles. The predicted molar refractivity (Wildman–Crippen MR) is 122 cm³/mol. The van der Waals surface area contributed by atoms with Crippen molar-refractivity contribution in [3.8, 4) is 0 Å². The molecule has 28 heavy (non-hydrogen) atoms. The number of aryl methyl sites for hydroxylation is 3. The van der Waals surface area contributed by atoms with Crippen LogP contribution in [0.1, 0.15) is 33.5 Å². The predicted octanol–water partition coefficient (Wildman–Crippen LogP) is 5.24. The number of thiazole rings is 1. The Morgan fingerprint density at radius 2 is 1.75 bits per heavy atom. The molecule has 0 atom stereocenters. The van der Waals surface area contributed by atoms with Crippen LogP contribution in [-0.4, -0.2) is 43.0 Å². The summed E-state index contributed by atoms with van der Waals surface area (Å²) in [5.74, 6) is 0.0185. The van der Waals surface area contributed by atoms with Crippen molar-refractivity contribution in [1.29, 1.82) is 0 Å². The van der Waals surface area contributed by atoms with Crippen LogP contribution < -0.4 is 4.90 Å². The number of hydrogen-bond donors (Lipinski definition) is 0.